The molecular weight excluding hydrogens is 492 g/mol. The number of nitrogens with one attached hydrogen (secondary N) is 2. The quantitative estimate of drug-likeness (QED) is 0.568. The van der Waals surface area contributed by atoms with E-state index in [4.69, 9.17) is 4.74 Å². The van der Waals surface area contributed by atoms with E-state index in [1.807, 2.05) is 12.2 Å². The van der Waals surface area contributed by atoms with Crippen molar-refractivity contribution < 1.29 is 23.1 Å². The van der Waals surface area contributed by atoms with E-state index in [2.05, 4.69) is 32.9 Å². The summed E-state index contributed by atoms with van der Waals surface area (Å²) >= 11 is 0. The first-order valence-electron chi connectivity index (χ1n) is 12.7. The van der Waals surface area contributed by atoms with E-state index in [0.717, 1.165) is 6.42 Å². The topological polar surface area (TPSA) is 98.1 Å². The molecule has 0 bridgehead atoms. The van der Waals surface area contributed by atoms with Crippen LogP contribution in [-0.4, -0.2) is 45.3 Å². The van der Waals surface area contributed by atoms with Crippen LogP contribution in [0.1, 0.15) is 25.7 Å². The van der Waals surface area contributed by atoms with Gasteiger partial charge in [-0.15, -0.1) is 5.10 Å². The van der Waals surface area contributed by atoms with Crippen LogP contribution in [0.5, 0.6) is 0 Å². The average molecular weight is 522 g/mol. The molecule has 10 heteroatoms. The number of hydrogen-bond donors (Lipinski definition) is 2. The van der Waals surface area contributed by atoms with Gasteiger partial charge in [-0.1, -0.05) is 30.4 Å². The molecule has 0 spiro atoms. The Bertz CT molecular complexity index is 1310. The SMILES string of the molecule is O=C(NC1(C(=O)Nc2nc(-c3ccc(F)cc3)n(CC3C=CC=CC3)n2)CCOCC1)C1C=CC(F)=CC1. The monoisotopic (exact) mass is 521 g/mol. The fourth-order valence-corrected chi connectivity index (χ4v) is 4.79. The van der Waals surface area contributed by atoms with E-state index < -0.39 is 17.4 Å². The van der Waals surface area contributed by atoms with Gasteiger partial charge in [-0.2, -0.15) is 4.98 Å². The first kappa shape index (κ1) is 25.7. The molecule has 2 heterocycles. The van der Waals surface area contributed by atoms with E-state index in [-0.39, 0.29) is 48.7 Å². The second-order valence-electron chi connectivity index (χ2n) is 9.69. The molecule has 2 unspecified atom stereocenters. The molecule has 8 nitrogen and oxygen atoms in total. The Morgan fingerprint density at radius 2 is 1.87 bits per heavy atom. The van der Waals surface area contributed by atoms with Crippen molar-refractivity contribution in [3.8, 4) is 11.4 Å². The van der Waals surface area contributed by atoms with Crippen molar-refractivity contribution in [2.24, 2.45) is 11.8 Å². The van der Waals surface area contributed by atoms with Gasteiger partial charge in [-0.3, -0.25) is 14.9 Å². The molecule has 1 aromatic heterocycles. The Hall–Kier alpha value is -3.92. The third-order valence-corrected chi connectivity index (χ3v) is 7.01. The van der Waals surface area contributed by atoms with Crippen molar-refractivity contribution in [3.05, 3.63) is 78.4 Å². The minimum atomic E-state index is -1.22. The van der Waals surface area contributed by atoms with Crippen LogP contribution in [0.2, 0.25) is 0 Å². The van der Waals surface area contributed by atoms with Crippen LogP contribution in [0.15, 0.2) is 72.6 Å². The van der Waals surface area contributed by atoms with Gasteiger partial charge in [0.25, 0.3) is 5.91 Å². The van der Waals surface area contributed by atoms with Crippen LogP contribution in [0, 0.1) is 17.7 Å². The molecule has 2 aliphatic carbocycles. The van der Waals surface area contributed by atoms with Gasteiger partial charge in [0.05, 0.1) is 12.5 Å². The van der Waals surface area contributed by atoms with Gasteiger partial charge in [-0.05, 0) is 49.3 Å². The molecule has 1 fully saturated rings. The number of ether oxygens (including phenoxy) is 1. The lowest BCUT2D eigenvalue weighted by molar-refractivity contribution is -0.135. The molecule has 2 N–H and O–H groups in total. The molecular formula is C28H29F2N5O3. The molecule has 3 aliphatic rings. The highest BCUT2D eigenvalue weighted by atomic mass is 19.1. The van der Waals surface area contributed by atoms with E-state index in [1.54, 1.807) is 16.8 Å². The van der Waals surface area contributed by atoms with Gasteiger partial charge in [-0.25, -0.2) is 13.5 Å². The van der Waals surface area contributed by atoms with Gasteiger partial charge in [0.2, 0.25) is 11.9 Å². The summed E-state index contributed by atoms with van der Waals surface area (Å²) in [5.41, 5.74) is -0.561. The Kier molecular flexibility index (Phi) is 7.59. The van der Waals surface area contributed by atoms with Crippen molar-refractivity contribution in [1.82, 2.24) is 20.1 Å². The van der Waals surface area contributed by atoms with E-state index >= 15 is 0 Å². The van der Waals surface area contributed by atoms with Crippen LogP contribution >= 0.6 is 0 Å². The van der Waals surface area contributed by atoms with Crippen molar-refractivity contribution in [2.45, 2.75) is 37.8 Å². The largest absolute Gasteiger partial charge is 0.381 e. The Balaban J connectivity index is 1.38. The number of carbonyl (C=O) groups is 2. The molecule has 2 amide bonds. The summed E-state index contributed by atoms with van der Waals surface area (Å²) in [7, 11) is 0. The standard InChI is InChI=1S/C28H29F2N5O3/c29-22-10-6-20(7-11-22)24-31-27(34-35(24)18-19-4-2-1-3-5-19)32-26(37)28(14-16-38-17-15-28)33-25(36)21-8-12-23(30)13-9-21/h1-4,6-8,10-13,19,21H,5,9,14-18H2,(H,33,36)(H,32,34,37). The summed E-state index contributed by atoms with van der Waals surface area (Å²) in [6.07, 6.45) is 13.9. The highest BCUT2D eigenvalue weighted by Crippen LogP contribution is 2.27. The summed E-state index contributed by atoms with van der Waals surface area (Å²) in [6, 6.07) is 5.94. The van der Waals surface area contributed by atoms with E-state index in [0.29, 0.717) is 31.1 Å². The third-order valence-electron chi connectivity index (χ3n) is 7.01. The fourth-order valence-electron chi connectivity index (χ4n) is 4.79. The van der Waals surface area contributed by atoms with Gasteiger partial charge >= 0.3 is 0 Å². The number of allylic oxidation sites excluding steroid dienone is 7. The lowest BCUT2D eigenvalue weighted by Crippen LogP contribution is -2.60. The molecule has 1 aromatic carbocycles. The summed E-state index contributed by atoms with van der Waals surface area (Å²) in [5.74, 6) is -1.34. The lowest BCUT2D eigenvalue weighted by atomic mass is 9.87. The number of hydrogen-bond acceptors (Lipinski definition) is 5. The molecule has 1 saturated heterocycles. The zero-order valence-electron chi connectivity index (χ0n) is 20.8. The summed E-state index contributed by atoms with van der Waals surface area (Å²) in [5, 5.41) is 10.3. The molecule has 38 heavy (non-hydrogen) atoms. The van der Waals surface area contributed by atoms with Crippen molar-refractivity contribution in [3.63, 3.8) is 0 Å². The number of halogens is 2. The Morgan fingerprint density at radius 3 is 2.55 bits per heavy atom. The zero-order valence-corrected chi connectivity index (χ0v) is 20.8. The maximum Gasteiger partial charge on any atom is 0.252 e. The van der Waals surface area contributed by atoms with Crippen molar-refractivity contribution in [2.75, 3.05) is 18.5 Å². The first-order chi connectivity index (χ1) is 18.4. The summed E-state index contributed by atoms with van der Waals surface area (Å²) in [6.45, 7) is 1.12. The number of rotatable bonds is 7. The zero-order chi connectivity index (χ0) is 26.5. The Morgan fingerprint density at radius 1 is 1.08 bits per heavy atom. The van der Waals surface area contributed by atoms with Crippen molar-refractivity contribution in [1.29, 1.82) is 0 Å². The predicted octanol–water partition coefficient (Wildman–Crippen LogP) is 4.25. The predicted molar refractivity (Wildman–Crippen MR) is 138 cm³/mol. The smallest absolute Gasteiger partial charge is 0.252 e. The highest BCUT2D eigenvalue weighted by Gasteiger charge is 2.43. The van der Waals surface area contributed by atoms with Crippen LogP contribution < -0.4 is 10.6 Å². The molecule has 1 aliphatic heterocycles. The van der Waals surface area contributed by atoms with Crippen LogP contribution in [0.3, 0.4) is 0 Å². The third kappa shape index (κ3) is 5.80. The molecule has 0 radical (unpaired) electrons. The molecule has 2 atom stereocenters. The Labute approximate surface area is 219 Å². The number of carbonyl (C=O) groups excluding carboxylic acids is 2. The van der Waals surface area contributed by atoms with Gasteiger partial charge < -0.3 is 10.1 Å². The number of anilines is 1. The van der Waals surface area contributed by atoms with Crippen LogP contribution in [0.25, 0.3) is 11.4 Å². The maximum absolute atomic E-state index is 13.6. The number of amides is 2. The minimum absolute atomic E-state index is 0.0901. The van der Waals surface area contributed by atoms with E-state index in [1.165, 1.54) is 30.4 Å². The second-order valence-corrected chi connectivity index (χ2v) is 9.69. The normalized spacial score (nSPS) is 22.1. The number of benzene rings is 1. The average Bonchev–Trinajstić information content (AvgIpc) is 3.32. The molecule has 0 saturated carbocycles. The molecule has 198 valence electrons. The second kappa shape index (κ2) is 11.2. The fraction of sp³-hybridized carbons (Fsp3) is 0.357. The first-order valence-corrected chi connectivity index (χ1v) is 12.7. The number of nitrogens with zero attached hydrogens (tertiary/aromatic N) is 3. The maximum atomic E-state index is 13.6. The highest BCUT2D eigenvalue weighted by molar-refractivity contribution is 6.00. The summed E-state index contributed by atoms with van der Waals surface area (Å²) in [4.78, 5) is 31.2. The van der Waals surface area contributed by atoms with Gasteiger partial charge in [0.15, 0.2) is 5.82 Å². The minimum Gasteiger partial charge on any atom is -0.381 e. The van der Waals surface area contributed by atoms with Crippen molar-refractivity contribution >= 4 is 17.8 Å². The molecule has 5 rings (SSSR count). The lowest BCUT2D eigenvalue weighted by Gasteiger charge is -2.37. The van der Waals surface area contributed by atoms with Gasteiger partial charge in [0, 0.05) is 37.5 Å². The molecule has 2 aromatic rings. The summed E-state index contributed by atoms with van der Waals surface area (Å²) < 4.78 is 34.1. The van der Waals surface area contributed by atoms with Crippen LogP contribution in [-0.2, 0) is 20.9 Å². The van der Waals surface area contributed by atoms with Crippen LogP contribution in [0.4, 0.5) is 14.7 Å². The number of aromatic nitrogens is 3. The van der Waals surface area contributed by atoms with Gasteiger partial charge in [0.1, 0.15) is 17.2 Å². The van der Waals surface area contributed by atoms with E-state index in [9.17, 15) is 18.4 Å².